The summed E-state index contributed by atoms with van der Waals surface area (Å²) in [6.07, 6.45) is 3.60. The molecule has 0 saturated carbocycles. The van der Waals surface area contributed by atoms with E-state index in [-0.39, 0.29) is 12.7 Å². The fourth-order valence-corrected chi connectivity index (χ4v) is 2.32. The molecule has 1 unspecified atom stereocenters. The average molecular weight is 171 g/mol. The van der Waals surface area contributed by atoms with Crippen LogP contribution in [0.2, 0.25) is 0 Å². The molecular weight excluding hydrogens is 154 g/mol. The van der Waals surface area contributed by atoms with E-state index in [2.05, 4.69) is 5.32 Å². The molecule has 2 N–H and O–H groups in total. The molecule has 12 heavy (non-hydrogen) atoms. The van der Waals surface area contributed by atoms with E-state index in [0.29, 0.717) is 5.41 Å². The lowest BCUT2D eigenvalue weighted by Gasteiger charge is -2.32. The SMILES string of the molecule is OCC1CC2(CCNCC2)CO1. The second-order valence-corrected chi connectivity index (χ2v) is 4.07. The van der Waals surface area contributed by atoms with Crippen LogP contribution in [0.1, 0.15) is 19.3 Å². The monoisotopic (exact) mass is 171 g/mol. The Balaban J connectivity index is 1.94. The zero-order chi connectivity index (χ0) is 8.44. The van der Waals surface area contributed by atoms with Crippen LogP contribution in [0.5, 0.6) is 0 Å². The van der Waals surface area contributed by atoms with Crippen molar-refractivity contribution in [2.24, 2.45) is 5.41 Å². The Morgan fingerprint density at radius 3 is 2.75 bits per heavy atom. The first-order valence-corrected chi connectivity index (χ1v) is 4.78. The Kier molecular flexibility index (Phi) is 2.35. The molecule has 0 aromatic heterocycles. The van der Waals surface area contributed by atoms with Gasteiger partial charge >= 0.3 is 0 Å². The molecule has 0 radical (unpaired) electrons. The van der Waals surface area contributed by atoms with Crippen molar-refractivity contribution in [1.29, 1.82) is 0 Å². The van der Waals surface area contributed by atoms with Crippen molar-refractivity contribution in [3.8, 4) is 0 Å². The minimum absolute atomic E-state index is 0.114. The summed E-state index contributed by atoms with van der Waals surface area (Å²) in [5, 5.41) is 12.3. The number of aliphatic hydroxyl groups is 1. The summed E-state index contributed by atoms with van der Waals surface area (Å²) in [5.74, 6) is 0. The van der Waals surface area contributed by atoms with Gasteiger partial charge in [0.15, 0.2) is 0 Å². The normalized spacial score (nSPS) is 34.2. The van der Waals surface area contributed by atoms with Gasteiger partial charge in [0.25, 0.3) is 0 Å². The van der Waals surface area contributed by atoms with Crippen LogP contribution in [0, 0.1) is 5.41 Å². The molecule has 3 nitrogen and oxygen atoms in total. The average Bonchev–Trinajstić information content (AvgIpc) is 2.50. The van der Waals surface area contributed by atoms with E-state index >= 15 is 0 Å². The molecule has 0 aliphatic carbocycles. The van der Waals surface area contributed by atoms with Gasteiger partial charge in [-0.2, -0.15) is 0 Å². The summed E-state index contributed by atoms with van der Waals surface area (Å²) < 4.78 is 5.52. The highest BCUT2D eigenvalue weighted by Gasteiger charge is 2.40. The lowest BCUT2D eigenvalue weighted by molar-refractivity contribution is 0.0500. The molecule has 0 bridgehead atoms. The Morgan fingerprint density at radius 2 is 2.17 bits per heavy atom. The second-order valence-electron chi connectivity index (χ2n) is 4.07. The lowest BCUT2D eigenvalue weighted by Crippen LogP contribution is -2.37. The number of hydrogen-bond donors (Lipinski definition) is 2. The van der Waals surface area contributed by atoms with Gasteiger partial charge in [0, 0.05) is 0 Å². The zero-order valence-corrected chi connectivity index (χ0v) is 7.38. The van der Waals surface area contributed by atoms with Gasteiger partial charge in [-0.1, -0.05) is 0 Å². The molecule has 1 atom stereocenters. The number of piperidine rings is 1. The van der Waals surface area contributed by atoms with Crippen LogP contribution in [-0.4, -0.2) is 37.5 Å². The number of rotatable bonds is 1. The molecule has 0 aromatic carbocycles. The first kappa shape index (κ1) is 8.48. The standard InChI is InChI=1S/C9H17NO2/c11-6-8-5-9(7-12-8)1-3-10-4-2-9/h8,10-11H,1-7H2. The van der Waals surface area contributed by atoms with Crippen LogP contribution >= 0.6 is 0 Å². The molecule has 2 aliphatic rings. The molecule has 2 rings (SSSR count). The van der Waals surface area contributed by atoms with E-state index in [1.54, 1.807) is 0 Å². The smallest absolute Gasteiger partial charge is 0.0812 e. The van der Waals surface area contributed by atoms with Gasteiger partial charge < -0.3 is 15.2 Å². The van der Waals surface area contributed by atoms with Crippen molar-refractivity contribution in [2.75, 3.05) is 26.3 Å². The predicted molar refractivity (Wildman–Crippen MR) is 46.0 cm³/mol. The van der Waals surface area contributed by atoms with Gasteiger partial charge in [0.1, 0.15) is 0 Å². The van der Waals surface area contributed by atoms with Crippen molar-refractivity contribution >= 4 is 0 Å². The highest BCUT2D eigenvalue weighted by Crippen LogP contribution is 2.39. The summed E-state index contributed by atoms with van der Waals surface area (Å²) in [7, 11) is 0. The third-order valence-electron chi connectivity index (χ3n) is 3.15. The maximum absolute atomic E-state index is 8.94. The van der Waals surface area contributed by atoms with Crippen LogP contribution in [0.15, 0.2) is 0 Å². The van der Waals surface area contributed by atoms with E-state index in [1.165, 1.54) is 12.8 Å². The van der Waals surface area contributed by atoms with Crippen molar-refractivity contribution in [3.63, 3.8) is 0 Å². The molecule has 2 aliphatic heterocycles. The zero-order valence-electron chi connectivity index (χ0n) is 7.38. The van der Waals surface area contributed by atoms with E-state index in [9.17, 15) is 0 Å². The molecule has 0 amide bonds. The first-order valence-electron chi connectivity index (χ1n) is 4.78. The molecule has 70 valence electrons. The van der Waals surface area contributed by atoms with E-state index in [4.69, 9.17) is 9.84 Å². The minimum Gasteiger partial charge on any atom is -0.394 e. The third kappa shape index (κ3) is 1.49. The Morgan fingerprint density at radius 1 is 1.42 bits per heavy atom. The summed E-state index contributed by atoms with van der Waals surface area (Å²) in [4.78, 5) is 0. The van der Waals surface area contributed by atoms with Crippen LogP contribution in [0.4, 0.5) is 0 Å². The van der Waals surface area contributed by atoms with Gasteiger partial charge in [-0.25, -0.2) is 0 Å². The van der Waals surface area contributed by atoms with Gasteiger partial charge in [0.05, 0.1) is 19.3 Å². The highest BCUT2D eigenvalue weighted by atomic mass is 16.5. The second kappa shape index (κ2) is 3.32. The topological polar surface area (TPSA) is 41.5 Å². The molecule has 2 saturated heterocycles. The van der Waals surface area contributed by atoms with Gasteiger partial charge in [-0.3, -0.25) is 0 Å². The molecule has 1 spiro atoms. The minimum atomic E-state index is 0.114. The Hall–Kier alpha value is -0.120. The third-order valence-corrected chi connectivity index (χ3v) is 3.15. The Labute approximate surface area is 73.1 Å². The van der Waals surface area contributed by atoms with Crippen molar-refractivity contribution in [2.45, 2.75) is 25.4 Å². The summed E-state index contributed by atoms with van der Waals surface area (Å²) in [6, 6.07) is 0. The maximum atomic E-state index is 8.94. The summed E-state index contributed by atoms with van der Waals surface area (Å²) in [5.41, 5.74) is 0.401. The van der Waals surface area contributed by atoms with Crippen molar-refractivity contribution < 1.29 is 9.84 Å². The quantitative estimate of drug-likeness (QED) is 0.589. The lowest BCUT2D eigenvalue weighted by atomic mass is 9.77. The van der Waals surface area contributed by atoms with E-state index in [0.717, 1.165) is 26.1 Å². The maximum Gasteiger partial charge on any atom is 0.0812 e. The summed E-state index contributed by atoms with van der Waals surface area (Å²) in [6.45, 7) is 3.28. The fraction of sp³-hybridized carbons (Fsp3) is 1.00. The largest absolute Gasteiger partial charge is 0.394 e. The molecule has 3 heteroatoms. The molecule has 2 fully saturated rings. The van der Waals surface area contributed by atoms with Gasteiger partial charge in [-0.15, -0.1) is 0 Å². The van der Waals surface area contributed by atoms with Gasteiger partial charge in [-0.05, 0) is 37.8 Å². The van der Waals surface area contributed by atoms with Crippen LogP contribution in [0.3, 0.4) is 0 Å². The van der Waals surface area contributed by atoms with Crippen LogP contribution in [0.25, 0.3) is 0 Å². The molecule has 2 heterocycles. The van der Waals surface area contributed by atoms with Gasteiger partial charge in [0.2, 0.25) is 0 Å². The number of nitrogens with one attached hydrogen (secondary N) is 1. The van der Waals surface area contributed by atoms with Crippen LogP contribution in [-0.2, 0) is 4.74 Å². The van der Waals surface area contributed by atoms with Crippen LogP contribution < -0.4 is 5.32 Å². The highest BCUT2D eigenvalue weighted by molar-refractivity contribution is 4.91. The number of aliphatic hydroxyl groups excluding tert-OH is 1. The Bertz CT molecular complexity index is 155. The van der Waals surface area contributed by atoms with Crippen molar-refractivity contribution in [3.05, 3.63) is 0 Å². The van der Waals surface area contributed by atoms with E-state index < -0.39 is 0 Å². The fourth-order valence-electron chi connectivity index (χ4n) is 2.32. The summed E-state index contributed by atoms with van der Waals surface area (Å²) >= 11 is 0. The number of ether oxygens (including phenoxy) is 1. The number of hydrogen-bond acceptors (Lipinski definition) is 3. The van der Waals surface area contributed by atoms with Crippen molar-refractivity contribution in [1.82, 2.24) is 5.32 Å². The molecular formula is C9H17NO2. The molecule has 0 aromatic rings. The van der Waals surface area contributed by atoms with E-state index in [1.807, 2.05) is 0 Å². The first-order chi connectivity index (χ1) is 5.85. The predicted octanol–water partition coefficient (Wildman–Crippen LogP) is 0.137.